The molecule has 3 rings (SSSR count). The van der Waals surface area contributed by atoms with Crippen LogP contribution in [0.1, 0.15) is 35.7 Å². The van der Waals surface area contributed by atoms with Crippen LogP contribution in [0.15, 0.2) is 42.5 Å². The van der Waals surface area contributed by atoms with Gasteiger partial charge in [0.2, 0.25) is 0 Å². The first-order chi connectivity index (χ1) is 11.0. The van der Waals surface area contributed by atoms with Crippen LogP contribution in [0.2, 0.25) is 10.3 Å². The highest BCUT2D eigenvalue weighted by atomic mass is 35.5. The Morgan fingerprint density at radius 3 is 2.39 bits per heavy atom. The maximum absolute atomic E-state index is 13.0. The highest BCUT2D eigenvalue weighted by Gasteiger charge is 2.34. The normalized spacial score (nSPS) is 15.3. The predicted octanol–water partition coefficient (Wildman–Crippen LogP) is 4.83. The second kappa shape index (κ2) is 6.90. The van der Waals surface area contributed by atoms with Gasteiger partial charge >= 0.3 is 0 Å². The van der Waals surface area contributed by atoms with Gasteiger partial charge in [-0.3, -0.25) is 4.79 Å². The Hall–Kier alpha value is -1.58. The number of hydrogen-bond donors (Lipinski definition) is 0. The minimum Gasteiger partial charge on any atom is -0.331 e. The third kappa shape index (κ3) is 4.04. The van der Waals surface area contributed by atoms with E-state index in [1.807, 2.05) is 35.2 Å². The van der Waals surface area contributed by atoms with Crippen molar-refractivity contribution in [2.45, 2.75) is 32.4 Å². The average molecular weight is 349 g/mol. The van der Waals surface area contributed by atoms with E-state index in [0.29, 0.717) is 18.0 Å². The molecule has 1 aliphatic carbocycles. The fourth-order valence-corrected chi connectivity index (χ4v) is 3.23. The molecule has 1 atom stereocenters. The van der Waals surface area contributed by atoms with Gasteiger partial charge in [0.15, 0.2) is 0 Å². The lowest BCUT2D eigenvalue weighted by Crippen LogP contribution is -2.39. The predicted molar refractivity (Wildman–Crippen MR) is 92.8 cm³/mol. The van der Waals surface area contributed by atoms with Crippen molar-refractivity contribution >= 4 is 29.1 Å². The van der Waals surface area contributed by atoms with Gasteiger partial charge < -0.3 is 4.90 Å². The molecule has 1 aromatic heterocycles. The highest BCUT2D eigenvalue weighted by Crippen LogP contribution is 2.36. The van der Waals surface area contributed by atoms with E-state index < -0.39 is 0 Å². The number of hydrogen-bond acceptors (Lipinski definition) is 2. The van der Waals surface area contributed by atoms with Crippen LogP contribution < -0.4 is 0 Å². The molecule has 0 bridgehead atoms. The second-order valence-electron chi connectivity index (χ2n) is 6.00. The number of aromatic nitrogens is 1. The SMILES string of the molecule is CC(C1CC1)N(Cc1ccccc1)C(=O)c1cc(Cl)nc(Cl)c1. The molecule has 0 N–H and O–H groups in total. The third-order valence-electron chi connectivity index (χ3n) is 4.26. The Bertz CT molecular complexity index is 681. The van der Waals surface area contributed by atoms with Crippen molar-refractivity contribution in [3.63, 3.8) is 0 Å². The van der Waals surface area contributed by atoms with Crippen LogP contribution in [0.25, 0.3) is 0 Å². The van der Waals surface area contributed by atoms with Crippen LogP contribution in [0, 0.1) is 5.92 Å². The van der Waals surface area contributed by atoms with Crippen LogP contribution in [0.4, 0.5) is 0 Å². The first kappa shape index (κ1) is 16.3. The number of halogens is 2. The Kier molecular flexibility index (Phi) is 4.88. The molecule has 2 aromatic rings. The molecule has 1 unspecified atom stereocenters. The fourth-order valence-electron chi connectivity index (χ4n) is 2.77. The summed E-state index contributed by atoms with van der Waals surface area (Å²) in [6.45, 7) is 2.69. The number of benzene rings is 1. The van der Waals surface area contributed by atoms with Crippen molar-refractivity contribution in [3.05, 3.63) is 63.9 Å². The summed E-state index contributed by atoms with van der Waals surface area (Å²) in [6, 6.07) is 13.4. The van der Waals surface area contributed by atoms with Crippen molar-refractivity contribution in [3.8, 4) is 0 Å². The average Bonchev–Trinajstić information content (AvgIpc) is 3.36. The summed E-state index contributed by atoms with van der Waals surface area (Å²) in [7, 11) is 0. The number of rotatable bonds is 5. The first-order valence-corrected chi connectivity index (χ1v) is 8.48. The van der Waals surface area contributed by atoms with Gasteiger partial charge in [-0.05, 0) is 43.4 Å². The van der Waals surface area contributed by atoms with E-state index in [1.54, 1.807) is 12.1 Å². The first-order valence-electron chi connectivity index (χ1n) is 7.72. The van der Waals surface area contributed by atoms with E-state index in [0.717, 1.165) is 5.56 Å². The van der Waals surface area contributed by atoms with Crippen LogP contribution in [-0.2, 0) is 6.54 Å². The van der Waals surface area contributed by atoms with Gasteiger partial charge in [-0.15, -0.1) is 0 Å². The monoisotopic (exact) mass is 348 g/mol. The molecule has 0 spiro atoms. The summed E-state index contributed by atoms with van der Waals surface area (Å²) in [5.74, 6) is 0.523. The lowest BCUT2D eigenvalue weighted by molar-refractivity contribution is 0.0654. The largest absolute Gasteiger partial charge is 0.331 e. The molecular weight excluding hydrogens is 331 g/mol. The van der Waals surface area contributed by atoms with Crippen LogP contribution in [0.3, 0.4) is 0 Å². The van der Waals surface area contributed by atoms with Gasteiger partial charge in [0.1, 0.15) is 10.3 Å². The van der Waals surface area contributed by atoms with E-state index in [-0.39, 0.29) is 22.3 Å². The second-order valence-corrected chi connectivity index (χ2v) is 6.77. The van der Waals surface area contributed by atoms with E-state index in [1.165, 1.54) is 12.8 Å². The summed E-state index contributed by atoms with van der Waals surface area (Å²) in [5.41, 5.74) is 1.60. The number of pyridine rings is 1. The Morgan fingerprint density at radius 2 is 1.83 bits per heavy atom. The van der Waals surface area contributed by atoms with Crippen LogP contribution in [0.5, 0.6) is 0 Å². The summed E-state index contributed by atoms with van der Waals surface area (Å²) in [5, 5.41) is 0.471. The standard InChI is InChI=1S/C18H18Cl2N2O/c1-12(14-7-8-14)22(11-13-5-3-2-4-6-13)18(23)15-9-16(19)21-17(20)10-15/h2-6,9-10,12,14H,7-8,11H2,1H3. The zero-order chi connectivity index (χ0) is 16.4. The van der Waals surface area contributed by atoms with Gasteiger partial charge in [0, 0.05) is 18.2 Å². The molecule has 1 saturated carbocycles. The minimum absolute atomic E-state index is 0.0561. The van der Waals surface area contributed by atoms with Crippen molar-refractivity contribution in [1.29, 1.82) is 0 Å². The molecule has 0 saturated heterocycles. The lowest BCUT2D eigenvalue weighted by Gasteiger charge is -2.30. The Labute approximate surface area is 146 Å². The van der Waals surface area contributed by atoms with Crippen LogP contribution >= 0.6 is 23.2 Å². The molecule has 1 aliphatic rings. The smallest absolute Gasteiger partial charge is 0.254 e. The third-order valence-corrected chi connectivity index (χ3v) is 4.65. The summed E-state index contributed by atoms with van der Waals surface area (Å²) in [6.07, 6.45) is 2.36. The number of amides is 1. The zero-order valence-electron chi connectivity index (χ0n) is 12.9. The summed E-state index contributed by atoms with van der Waals surface area (Å²) < 4.78 is 0. The van der Waals surface area contributed by atoms with Crippen molar-refractivity contribution in [1.82, 2.24) is 9.88 Å². The Morgan fingerprint density at radius 1 is 1.22 bits per heavy atom. The van der Waals surface area contributed by atoms with E-state index in [2.05, 4.69) is 11.9 Å². The maximum Gasteiger partial charge on any atom is 0.254 e. The molecule has 1 amide bonds. The zero-order valence-corrected chi connectivity index (χ0v) is 14.4. The summed E-state index contributed by atoms with van der Waals surface area (Å²) in [4.78, 5) is 18.8. The van der Waals surface area contributed by atoms with E-state index in [4.69, 9.17) is 23.2 Å². The number of carbonyl (C=O) groups excluding carboxylic acids is 1. The maximum atomic E-state index is 13.0. The molecular formula is C18H18Cl2N2O. The Balaban J connectivity index is 1.88. The molecule has 1 heterocycles. The number of nitrogens with zero attached hydrogens (tertiary/aromatic N) is 2. The fraction of sp³-hybridized carbons (Fsp3) is 0.333. The molecule has 5 heteroatoms. The van der Waals surface area contributed by atoms with E-state index >= 15 is 0 Å². The highest BCUT2D eigenvalue weighted by molar-refractivity contribution is 6.33. The topological polar surface area (TPSA) is 33.2 Å². The van der Waals surface area contributed by atoms with Crippen molar-refractivity contribution < 1.29 is 4.79 Å². The molecule has 0 radical (unpaired) electrons. The van der Waals surface area contributed by atoms with Gasteiger partial charge in [0.25, 0.3) is 5.91 Å². The van der Waals surface area contributed by atoms with Crippen LogP contribution in [-0.4, -0.2) is 21.8 Å². The lowest BCUT2D eigenvalue weighted by atomic mass is 10.1. The quantitative estimate of drug-likeness (QED) is 0.725. The van der Waals surface area contributed by atoms with Crippen molar-refractivity contribution in [2.24, 2.45) is 5.92 Å². The molecule has 0 aliphatic heterocycles. The van der Waals surface area contributed by atoms with Gasteiger partial charge in [-0.2, -0.15) is 0 Å². The minimum atomic E-state index is -0.0561. The molecule has 1 aromatic carbocycles. The van der Waals surface area contributed by atoms with Gasteiger partial charge in [0.05, 0.1) is 0 Å². The molecule has 3 nitrogen and oxygen atoms in total. The van der Waals surface area contributed by atoms with Gasteiger partial charge in [-0.1, -0.05) is 53.5 Å². The van der Waals surface area contributed by atoms with Gasteiger partial charge in [-0.25, -0.2) is 4.98 Å². The van der Waals surface area contributed by atoms with E-state index in [9.17, 15) is 4.79 Å². The summed E-state index contributed by atoms with van der Waals surface area (Å²) >= 11 is 11.9. The van der Waals surface area contributed by atoms with Crippen molar-refractivity contribution in [2.75, 3.05) is 0 Å². The number of carbonyl (C=O) groups is 1. The molecule has 1 fully saturated rings. The molecule has 23 heavy (non-hydrogen) atoms. The molecule has 120 valence electrons.